The number of aliphatic hydroxyl groups is 1. The number of aliphatic hydroxyl groups excluding tert-OH is 1. The number of rotatable bonds is 2. The minimum atomic E-state index is -0.266. The molecule has 9 heteroatoms. The Kier molecular flexibility index (Phi) is 4.39. The van der Waals surface area contributed by atoms with Crippen LogP contribution in [0.3, 0.4) is 0 Å². The van der Waals surface area contributed by atoms with Crippen molar-refractivity contribution in [1.29, 1.82) is 0 Å². The van der Waals surface area contributed by atoms with E-state index in [0.717, 1.165) is 7.11 Å². The summed E-state index contributed by atoms with van der Waals surface area (Å²) in [7, 11) is 1.00. The molecule has 20 heavy (non-hydrogen) atoms. The zero-order chi connectivity index (χ0) is 14.9. The molecule has 3 aliphatic rings. The lowest BCUT2D eigenvalue weighted by atomic mass is 10.3. The van der Waals surface area contributed by atoms with Gasteiger partial charge >= 0.3 is 6.03 Å². The largest absolute Gasteiger partial charge is 0.400 e. The van der Waals surface area contributed by atoms with Crippen LogP contribution in [-0.4, -0.2) is 75.2 Å². The normalized spacial score (nSPS) is 27.6. The molecule has 3 aliphatic heterocycles. The van der Waals surface area contributed by atoms with Gasteiger partial charge in [0.05, 0.1) is 5.75 Å². The molecular formula is C11H19N5O3S. The smallest absolute Gasteiger partial charge is 0.323 e. The molecule has 0 radical (unpaired) electrons. The topological polar surface area (TPSA) is 88.5 Å². The van der Waals surface area contributed by atoms with Gasteiger partial charge in [0.1, 0.15) is 0 Å². The predicted molar refractivity (Wildman–Crippen MR) is 75.7 cm³/mol. The number of hydrogen-bond donors (Lipinski definition) is 2. The third-order valence-electron chi connectivity index (χ3n) is 3.47. The second-order valence-corrected chi connectivity index (χ2v) is 5.23. The fraction of sp³-hybridized carbons (Fsp3) is 0.727. The lowest BCUT2D eigenvalue weighted by Gasteiger charge is -2.36. The zero-order valence-corrected chi connectivity index (χ0v) is 12.6. The van der Waals surface area contributed by atoms with Crippen molar-refractivity contribution in [2.45, 2.75) is 26.2 Å². The van der Waals surface area contributed by atoms with Crippen LogP contribution in [0.2, 0.25) is 0 Å². The molecule has 8 nitrogen and oxygen atoms in total. The minimum absolute atomic E-state index is 0.0273. The summed E-state index contributed by atoms with van der Waals surface area (Å²) in [6.45, 7) is 5.03. The predicted octanol–water partition coefficient (Wildman–Crippen LogP) is -0.526. The number of carbonyl (C=O) groups is 2. The van der Waals surface area contributed by atoms with Crippen molar-refractivity contribution in [2.75, 3.05) is 26.0 Å². The van der Waals surface area contributed by atoms with E-state index in [1.54, 1.807) is 14.7 Å². The number of amides is 3. The second-order valence-electron chi connectivity index (χ2n) is 4.29. The summed E-state index contributed by atoms with van der Waals surface area (Å²) in [5.74, 6) is 0.432. The van der Waals surface area contributed by atoms with Crippen LogP contribution in [0.25, 0.3) is 0 Å². The molecular weight excluding hydrogens is 282 g/mol. The monoisotopic (exact) mass is 301 g/mol. The van der Waals surface area contributed by atoms with E-state index in [4.69, 9.17) is 5.11 Å². The van der Waals surface area contributed by atoms with E-state index in [2.05, 4.69) is 10.5 Å². The van der Waals surface area contributed by atoms with Crippen molar-refractivity contribution in [2.24, 2.45) is 5.10 Å². The third kappa shape index (κ3) is 2.01. The van der Waals surface area contributed by atoms with Gasteiger partial charge in [0.15, 0.2) is 17.5 Å². The van der Waals surface area contributed by atoms with E-state index in [-0.39, 0.29) is 24.3 Å². The molecule has 0 aromatic heterocycles. The van der Waals surface area contributed by atoms with Gasteiger partial charge in [-0.25, -0.2) is 4.79 Å². The molecule has 2 fully saturated rings. The number of likely N-dealkylation sites (N-methyl/N-ethyl adjacent to an activating group) is 2. The summed E-state index contributed by atoms with van der Waals surface area (Å²) < 4.78 is 0. The zero-order valence-electron chi connectivity index (χ0n) is 11.7. The fourth-order valence-electron chi connectivity index (χ4n) is 2.64. The Morgan fingerprint density at radius 1 is 1.30 bits per heavy atom. The van der Waals surface area contributed by atoms with Gasteiger partial charge < -0.3 is 5.11 Å². The molecule has 0 saturated carbocycles. The maximum absolute atomic E-state index is 12.2. The van der Waals surface area contributed by atoms with Gasteiger partial charge in [-0.15, -0.1) is 0 Å². The van der Waals surface area contributed by atoms with E-state index in [0.29, 0.717) is 24.0 Å². The Labute approximate surface area is 121 Å². The van der Waals surface area contributed by atoms with E-state index in [1.807, 2.05) is 13.8 Å². The first-order valence-electron chi connectivity index (χ1n) is 6.49. The van der Waals surface area contributed by atoms with Crippen LogP contribution >= 0.6 is 11.8 Å². The molecule has 0 unspecified atom stereocenters. The SMILES string of the molecule is CCN1C(=O)N(CC)[C@H]2NN=C3SCC(=O)N3[C@H]21.CO. The Bertz CT molecular complexity index is 444. The standard InChI is InChI=1S/C10H15N5O2S.CH4O/c1-3-13-7-8(14(4-2)10(13)17)15-6(16)5-18-9(15)12-11-7;1-2/h7-8,11H,3-5H2,1-2H3;2H,1H3/t7-,8-;/m1./s1. The summed E-state index contributed by atoms with van der Waals surface area (Å²) in [5, 5.41) is 11.9. The van der Waals surface area contributed by atoms with Crippen molar-refractivity contribution in [3.63, 3.8) is 0 Å². The minimum Gasteiger partial charge on any atom is -0.400 e. The first kappa shape index (κ1) is 14.9. The van der Waals surface area contributed by atoms with E-state index < -0.39 is 0 Å². The Morgan fingerprint density at radius 3 is 2.55 bits per heavy atom. The number of nitrogens with one attached hydrogen (secondary N) is 1. The molecule has 112 valence electrons. The van der Waals surface area contributed by atoms with Crippen LogP contribution in [0, 0.1) is 0 Å². The Balaban J connectivity index is 0.000000704. The van der Waals surface area contributed by atoms with E-state index >= 15 is 0 Å². The summed E-state index contributed by atoms with van der Waals surface area (Å²) in [6.07, 6.45) is -0.508. The van der Waals surface area contributed by atoms with Crippen LogP contribution < -0.4 is 5.43 Å². The average Bonchev–Trinajstić information content (AvgIpc) is 2.98. The Hall–Kier alpha value is -1.48. The number of nitrogens with zero attached hydrogens (tertiary/aromatic N) is 4. The van der Waals surface area contributed by atoms with Gasteiger partial charge in [-0.05, 0) is 13.8 Å². The summed E-state index contributed by atoms with van der Waals surface area (Å²) in [4.78, 5) is 29.3. The molecule has 3 rings (SSSR count). The van der Waals surface area contributed by atoms with E-state index in [1.165, 1.54) is 11.8 Å². The van der Waals surface area contributed by atoms with Crippen LogP contribution in [0.15, 0.2) is 5.10 Å². The quantitative estimate of drug-likeness (QED) is 0.716. The number of urea groups is 1. The van der Waals surface area contributed by atoms with Crippen molar-refractivity contribution in [1.82, 2.24) is 20.1 Å². The lowest BCUT2D eigenvalue weighted by molar-refractivity contribution is -0.128. The van der Waals surface area contributed by atoms with Crippen molar-refractivity contribution >= 4 is 28.9 Å². The number of amidine groups is 1. The second kappa shape index (κ2) is 5.88. The summed E-state index contributed by atoms with van der Waals surface area (Å²) in [6, 6.07) is -0.0383. The fourth-order valence-corrected chi connectivity index (χ4v) is 3.50. The van der Waals surface area contributed by atoms with Crippen molar-refractivity contribution in [3.05, 3.63) is 0 Å². The van der Waals surface area contributed by atoms with Gasteiger partial charge in [-0.3, -0.25) is 24.9 Å². The summed E-state index contributed by atoms with van der Waals surface area (Å²) >= 11 is 1.41. The highest BCUT2D eigenvalue weighted by atomic mass is 32.2. The molecule has 0 aromatic rings. The first-order valence-corrected chi connectivity index (χ1v) is 7.47. The van der Waals surface area contributed by atoms with Crippen LogP contribution in [0.4, 0.5) is 4.79 Å². The van der Waals surface area contributed by atoms with Gasteiger partial charge in [0.2, 0.25) is 5.91 Å². The lowest BCUT2D eigenvalue weighted by Crippen LogP contribution is -2.60. The molecule has 0 bridgehead atoms. The average molecular weight is 301 g/mol. The number of thioether (sulfide) groups is 1. The maximum atomic E-state index is 12.2. The number of hydrazone groups is 1. The molecule has 2 saturated heterocycles. The summed E-state index contributed by atoms with van der Waals surface area (Å²) in [5.41, 5.74) is 3.01. The maximum Gasteiger partial charge on any atom is 0.323 e. The number of carbonyl (C=O) groups excluding carboxylic acids is 2. The van der Waals surface area contributed by atoms with Crippen LogP contribution in [0.1, 0.15) is 13.8 Å². The van der Waals surface area contributed by atoms with Crippen LogP contribution in [-0.2, 0) is 4.79 Å². The number of hydrogen-bond acceptors (Lipinski definition) is 6. The Morgan fingerprint density at radius 2 is 1.95 bits per heavy atom. The van der Waals surface area contributed by atoms with Crippen molar-refractivity contribution in [3.8, 4) is 0 Å². The molecule has 2 N–H and O–H groups in total. The van der Waals surface area contributed by atoms with Gasteiger partial charge in [-0.2, -0.15) is 5.10 Å². The molecule has 2 atom stereocenters. The molecule has 0 spiro atoms. The third-order valence-corrected chi connectivity index (χ3v) is 4.40. The molecule has 3 heterocycles. The number of fused-ring (bicyclic) bond motifs is 3. The molecule has 0 aliphatic carbocycles. The van der Waals surface area contributed by atoms with Gasteiger partial charge in [0.25, 0.3) is 0 Å². The highest BCUT2D eigenvalue weighted by molar-refractivity contribution is 8.15. The van der Waals surface area contributed by atoms with Crippen molar-refractivity contribution < 1.29 is 14.7 Å². The van der Waals surface area contributed by atoms with Gasteiger partial charge in [-0.1, -0.05) is 11.8 Å². The molecule has 0 aromatic carbocycles. The highest BCUT2D eigenvalue weighted by Crippen LogP contribution is 2.33. The molecule has 3 amide bonds. The highest BCUT2D eigenvalue weighted by Gasteiger charge is 2.53. The van der Waals surface area contributed by atoms with E-state index in [9.17, 15) is 9.59 Å². The first-order chi connectivity index (χ1) is 9.69. The van der Waals surface area contributed by atoms with Crippen LogP contribution in [0.5, 0.6) is 0 Å². The van der Waals surface area contributed by atoms with Gasteiger partial charge in [0, 0.05) is 20.2 Å².